The van der Waals surface area contributed by atoms with Crippen LogP contribution in [0.5, 0.6) is 0 Å². The van der Waals surface area contributed by atoms with Crippen molar-refractivity contribution >= 4 is 15.9 Å². The molecular formula is C15H16N2O4S. The Balaban J connectivity index is 2.16. The van der Waals surface area contributed by atoms with Gasteiger partial charge in [0.2, 0.25) is 0 Å². The van der Waals surface area contributed by atoms with Crippen LogP contribution in [0.15, 0.2) is 52.3 Å². The van der Waals surface area contributed by atoms with Crippen LogP contribution in [0, 0.1) is 13.8 Å². The molecule has 2 rings (SSSR count). The van der Waals surface area contributed by atoms with Gasteiger partial charge in [-0.3, -0.25) is 9.59 Å². The zero-order valence-corrected chi connectivity index (χ0v) is 13.1. The number of nitrogens with zero attached hydrogens (tertiary/aromatic N) is 1. The first kappa shape index (κ1) is 16.0. The van der Waals surface area contributed by atoms with Crippen LogP contribution in [0.2, 0.25) is 0 Å². The molecule has 22 heavy (non-hydrogen) atoms. The van der Waals surface area contributed by atoms with E-state index in [9.17, 15) is 18.0 Å². The number of sulfonamides is 1. The van der Waals surface area contributed by atoms with Gasteiger partial charge in [-0.1, -0.05) is 23.8 Å². The molecule has 1 N–H and O–H groups in total. The first-order valence-electron chi connectivity index (χ1n) is 6.57. The van der Waals surface area contributed by atoms with Gasteiger partial charge in [0.1, 0.15) is 6.54 Å². The molecule has 0 saturated carbocycles. The maximum absolute atomic E-state index is 12.1. The van der Waals surface area contributed by atoms with Crippen molar-refractivity contribution in [3.05, 3.63) is 64.1 Å². The summed E-state index contributed by atoms with van der Waals surface area (Å²) in [7, 11) is -3.93. The molecule has 0 saturated heterocycles. The Bertz CT molecular complexity index is 852. The van der Waals surface area contributed by atoms with Gasteiger partial charge < -0.3 is 4.57 Å². The molecule has 6 nitrogen and oxygen atoms in total. The highest BCUT2D eigenvalue weighted by molar-refractivity contribution is 7.90. The highest BCUT2D eigenvalue weighted by Gasteiger charge is 2.17. The summed E-state index contributed by atoms with van der Waals surface area (Å²) in [6, 6.07) is 9.08. The van der Waals surface area contributed by atoms with Crippen LogP contribution in [0.1, 0.15) is 11.1 Å². The lowest BCUT2D eigenvalue weighted by Gasteiger charge is -2.09. The lowest BCUT2D eigenvalue weighted by molar-refractivity contribution is -0.119. The van der Waals surface area contributed by atoms with Gasteiger partial charge in [0.15, 0.2) is 0 Å². The third-order valence-electron chi connectivity index (χ3n) is 3.02. The highest BCUT2D eigenvalue weighted by Crippen LogP contribution is 2.09. The summed E-state index contributed by atoms with van der Waals surface area (Å²) in [6.07, 6.45) is 1.50. The molecule has 116 valence electrons. The van der Waals surface area contributed by atoms with Gasteiger partial charge >= 0.3 is 0 Å². The number of rotatable bonds is 4. The van der Waals surface area contributed by atoms with Crippen molar-refractivity contribution in [3.63, 3.8) is 0 Å². The van der Waals surface area contributed by atoms with E-state index in [2.05, 4.69) is 0 Å². The molecule has 0 spiro atoms. The van der Waals surface area contributed by atoms with Crippen molar-refractivity contribution in [2.45, 2.75) is 25.3 Å². The average molecular weight is 320 g/mol. The SMILES string of the molecule is Cc1ccc(S(=O)(=O)NC(=O)Cn2cc(C)ccc2=O)cc1. The van der Waals surface area contributed by atoms with Crippen molar-refractivity contribution < 1.29 is 13.2 Å². The van der Waals surface area contributed by atoms with Gasteiger partial charge in [-0.05, 0) is 31.5 Å². The van der Waals surface area contributed by atoms with Gasteiger partial charge in [-0.2, -0.15) is 0 Å². The molecule has 2 aromatic rings. The van der Waals surface area contributed by atoms with E-state index in [1.54, 1.807) is 25.1 Å². The summed E-state index contributed by atoms with van der Waals surface area (Å²) < 4.78 is 27.3. The third kappa shape index (κ3) is 3.82. The first-order chi connectivity index (χ1) is 10.3. The molecule has 0 fully saturated rings. The number of benzene rings is 1. The Labute approximate surface area is 128 Å². The van der Waals surface area contributed by atoms with E-state index in [4.69, 9.17) is 0 Å². The molecule has 1 aromatic heterocycles. The summed E-state index contributed by atoms with van der Waals surface area (Å²) in [4.78, 5) is 23.5. The zero-order chi connectivity index (χ0) is 16.3. The fraction of sp³-hybridized carbons (Fsp3) is 0.200. The Morgan fingerprint density at radius 1 is 1.05 bits per heavy atom. The van der Waals surface area contributed by atoms with Crippen LogP contribution in [0.4, 0.5) is 0 Å². The molecule has 7 heteroatoms. The molecule has 0 aliphatic heterocycles. The number of pyridine rings is 1. The summed E-state index contributed by atoms with van der Waals surface area (Å²) >= 11 is 0. The standard InChI is InChI=1S/C15H16N2O4S/c1-11-3-6-13(7-4-11)22(20,21)16-14(18)10-17-9-12(2)5-8-15(17)19/h3-9H,10H2,1-2H3,(H,16,18). The van der Waals surface area contributed by atoms with Gasteiger partial charge in [0.25, 0.3) is 21.5 Å². The van der Waals surface area contributed by atoms with Crippen LogP contribution in [-0.4, -0.2) is 18.9 Å². The topological polar surface area (TPSA) is 85.2 Å². The minimum atomic E-state index is -3.93. The van der Waals surface area contributed by atoms with E-state index in [1.165, 1.54) is 24.4 Å². The maximum atomic E-state index is 12.1. The van der Waals surface area contributed by atoms with Crippen LogP contribution < -0.4 is 10.3 Å². The number of carbonyl (C=O) groups excluding carboxylic acids is 1. The zero-order valence-electron chi connectivity index (χ0n) is 12.2. The van der Waals surface area contributed by atoms with Crippen LogP contribution in [-0.2, 0) is 21.4 Å². The van der Waals surface area contributed by atoms with Crippen molar-refractivity contribution in [2.24, 2.45) is 0 Å². The fourth-order valence-corrected chi connectivity index (χ4v) is 2.86. The molecule has 0 radical (unpaired) electrons. The molecule has 0 aliphatic rings. The van der Waals surface area contributed by atoms with E-state index in [-0.39, 0.29) is 17.0 Å². The fourth-order valence-electron chi connectivity index (χ4n) is 1.89. The number of aryl methyl sites for hydroxylation is 2. The Morgan fingerprint density at radius 2 is 1.64 bits per heavy atom. The molecule has 0 unspecified atom stereocenters. The van der Waals surface area contributed by atoms with Crippen LogP contribution in [0.25, 0.3) is 0 Å². The summed E-state index contributed by atoms with van der Waals surface area (Å²) in [6.45, 7) is 3.25. The quantitative estimate of drug-likeness (QED) is 0.909. The van der Waals surface area contributed by atoms with E-state index < -0.39 is 15.9 Å². The minimum Gasteiger partial charge on any atom is -0.306 e. The van der Waals surface area contributed by atoms with Gasteiger partial charge in [-0.25, -0.2) is 13.1 Å². The lowest BCUT2D eigenvalue weighted by atomic mass is 10.2. The van der Waals surface area contributed by atoms with E-state index >= 15 is 0 Å². The van der Waals surface area contributed by atoms with Crippen LogP contribution >= 0.6 is 0 Å². The number of amides is 1. The second-order valence-electron chi connectivity index (χ2n) is 5.01. The summed E-state index contributed by atoms with van der Waals surface area (Å²) in [5, 5.41) is 0. The van der Waals surface area contributed by atoms with E-state index in [0.29, 0.717) is 0 Å². The van der Waals surface area contributed by atoms with E-state index in [0.717, 1.165) is 15.7 Å². The second kappa shape index (κ2) is 6.15. The molecule has 0 aliphatic carbocycles. The van der Waals surface area contributed by atoms with Crippen molar-refractivity contribution in [2.75, 3.05) is 0 Å². The van der Waals surface area contributed by atoms with Crippen LogP contribution in [0.3, 0.4) is 0 Å². The number of carbonyl (C=O) groups is 1. The smallest absolute Gasteiger partial charge is 0.264 e. The molecule has 1 amide bonds. The monoisotopic (exact) mass is 320 g/mol. The molecular weight excluding hydrogens is 304 g/mol. The van der Waals surface area contributed by atoms with Crippen molar-refractivity contribution in [3.8, 4) is 0 Å². The van der Waals surface area contributed by atoms with Gasteiger partial charge in [0.05, 0.1) is 4.90 Å². The lowest BCUT2D eigenvalue weighted by Crippen LogP contribution is -2.35. The molecule has 0 atom stereocenters. The number of aromatic nitrogens is 1. The normalized spacial score (nSPS) is 11.2. The Kier molecular flexibility index (Phi) is 4.46. The Hall–Kier alpha value is -2.41. The van der Waals surface area contributed by atoms with Crippen molar-refractivity contribution in [1.82, 2.24) is 9.29 Å². The average Bonchev–Trinajstić information content (AvgIpc) is 2.42. The minimum absolute atomic E-state index is 0.00281. The number of hydrogen-bond acceptors (Lipinski definition) is 4. The van der Waals surface area contributed by atoms with Gasteiger partial charge in [-0.15, -0.1) is 0 Å². The maximum Gasteiger partial charge on any atom is 0.264 e. The first-order valence-corrected chi connectivity index (χ1v) is 8.06. The predicted octanol–water partition coefficient (Wildman–Crippen LogP) is 0.970. The highest BCUT2D eigenvalue weighted by atomic mass is 32.2. The largest absolute Gasteiger partial charge is 0.306 e. The molecule has 0 bridgehead atoms. The molecule has 1 aromatic carbocycles. The molecule has 1 heterocycles. The predicted molar refractivity (Wildman–Crippen MR) is 81.9 cm³/mol. The number of nitrogens with one attached hydrogen (secondary N) is 1. The summed E-state index contributed by atoms with van der Waals surface area (Å²) in [5.74, 6) is -0.770. The van der Waals surface area contributed by atoms with Gasteiger partial charge in [0, 0.05) is 12.3 Å². The third-order valence-corrected chi connectivity index (χ3v) is 4.41. The summed E-state index contributed by atoms with van der Waals surface area (Å²) in [5.41, 5.74) is 1.35. The Morgan fingerprint density at radius 3 is 2.27 bits per heavy atom. The van der Waals surface area contributed by atoms with Crippen molar-refractivity contribution in [1.29, 1.82) is 0 Å². The number of hydrogen-bond donors (Lipinski definition) is 1. The van der Waals surface area contributed by atoms with E-state index in [1.807, 2.05) is 11.6 Å². The second-order valence-corrected chi connectivity index (χ2v) is 6.70.